The molecule has 0 radical (unpaired) electrons. The van der Waals surface area contributed by atoms with Crippen LogP contribution in [0.4, 0.5) is 9.39 Å². The molecule has 4 fully saturated rings. The van der Waals surface area contributed by atoms with E-state index in [1.807, 2.05) is 17.3 Å². The minimum Gasteiger partial charge on any atom is -0.257 e. The number of rotatable bonds is 1. The Bertz CT molecular complexity index is 727. The van der Waals surface area contributed by atoms with Crippen LogP contribution in [0.3, 0.4) is 0 Å². The number of nitrogens with zero attached hydrogens (tertiary/aromatic N) is 1. The Hall–Kier alpha value is -1.21. The van der Waals surface area contributed by atoms with Crippen molar-refractivity contribution in [2.75, 3.05) is 5.12 Å². The number of anilines is 1. The highest BCUT2D eigenvalue weighted by molar-refractivity contribution is 7.22. The molecule has 0 unspecified atom stereocenters. The molecule has 2 N–H and O–H groups in total. The van der Waals surface area contributed by atoms with E-state index in [0.717, 1.165) is 27.4 Å². The van der Waals surface area contributed by atoms with Crippen molar-refractivity contribution >= 4 is 26.4 Å². The van der Waals surface area contributed by atoms with Gasteiger partial charge in [-0.3, -0.25) is 4.84 Å². The molecule has 2 heterocycles. The van der Waals surface area contributed by atoms with Crippen LogP contribution < -0.4 is 16.1 Å². The average Bonchev–Trinajstić information content (AvgIpc) is 3.12. The highest BCUT2D eigenvalue weighted by atomic mass is 32.1. The molecule has 1 saturated heterocycles. The lowest BCUT2D eigenvalue weighted by atomic mass is 9.66. The number of fused-ring (bicyclic) bond motifs is 3. The summed E-state index contributed by atoms with van der Waals surface area (Å²) in [6, 6.07) is 6.90. The monoisotopic (exact) mass is 319 g/mol. The van der Waals surface area contributed by atoms with Crippen molar-refractivity contribution in [1.29, 1.82) is 0 Å². The zero-order valence-corrected chi connectivity index (χ0v) is 13.0. The van der Waals surface area contributed by atoms with Gasteiger partial charge >= 0.3 is 0 Å². The largest absolute Gasteiger partial charge is 0.257 e. The van der Waals surface area contributed by atoms with Gasteiger partial charge in [-0.1, -0.05) is 5.59 Å². The molecular weight excluding hydrogens is 301 g/mol. The number of hydrazine groups is 2. The van der Waals surface area contributed by atoms with E-state index in [2.05, 4.69) is 11.0 Å². The van der Waals surface area contributed by atoms with Crippen molar-refractivity contribution in [2.24, 2.45) is 11.8 Å². The maximum Gasteiger partial charge on any atom is 0.163 e. The second-order valence-electron chi connectivity index (χ2n) is 6.72. The Labute approximate surface area is 132 Å². The fourth-order valence-electron chi connectivity index (χ4n) is 4.26. The number of halogens is 1. The van der Waals surface area contributed by atoms with Crippen molar-refractivity contribution < 1.29 is 9.23 Å². The van der Waals surface area contributed by atoms with Gasteiger partial charge in [0.25, 0.3) is 0 Å². The number of thiophene rings is 1. The Morgan fingerprint density at radius 3 is 2.86 bits per heavy atom. The Morgan fingerprint density at radius 1 is 1.23 bits per heavy atom. The summed E-state index contributed by atoms with van der Waals surface area (Å²) in [7, 11) is 0. The van der Waals surface area contributed by atoms with Crippen molar-refractivity contribution in [3.05, 3.63) is 30.1 Å². The quantitative estimate of drug-likeness (QED) is 0.840. The van der Waals surface area contributed by atoms with Gasteiger partial charge in [0.05, 0.1) is 0 Å². The Kier molecular flexibility index (Phi) is 2.80. The zero-order chi connectivity index (χ0) is 14.7. The highest BCUT2D eigenvalue weighted by Crippen LogP contribution is 2.49. The van der Waals surface area contributed by atoms with E-state index in [4.69, 9.17) is 4.84 Å². The third-order valence-corrected chi connectivity index (χ3v) is 6.51. The average molecular weight is 319 g/mol. The van der Waals surface area contributed by atoms with Gasteiger partial charge in [-0.25, -0.2) is 9.51 Å². The standard InChI is InChI=1S/C16H18FN3OS/c17-13-5-6-14-11(7-13)8-15(22-14)20-18-16(21-19-20)9-10-1-3-12(16)4-2-10/h5-8,10,12,18-19H,1-4,9H2/t10?,12?,16-/m1/s1. The molecule has 2 aromatic rings. The molecule has 6 rings (SSSR count). The van der Waals surface area contributed by atoms with Gasteiger partial charge in [0.15, 0.2) is 5.72 Å². The van der Waals surface area contributed by atoms with E-state index in [1.54, 1.807) is 17.4 Å². The van der Waals surface area contributed by atoms with Crippen molar-refractivity contribution in [3.63, 3.8) is 0 Å². The topological polar surface area (TPSA) is 36.5 Å². The smallest absolute Gasteiger partial charge is 0.163 e. The third-order valence-electron chi connectivity index (χ3n) is 5.40. The first kappa shape index (κ1) is 13.2. The summed E-state index contributed by atoms with van der Waals surface area (Å²) in [4.78, 5) is 6.00. The molecule has 4 aliphatic rings. The number of hydrogen-bond acceptors (Lipinski definition) is 5. The molecule has 1 aromatic carbocycles. The van der Waals surface area contributed by atoms with Crippen molar-refractivity contribution in [3.8, 4) is 0 Å². The lowest BCUT2D eigenvalue weighted by Crippen LogP contribution is -2.57. The van der Waals surface area contributed by atoms with Gasteiger partial charge in [-0.15, -0.1) is 11.3 Å². The molecule has 2 bridgehead atoms. The lowest BCUT2D eigenvalue weighted by molar-refractivity contribution is -0.153. The van der Waals surface area contributed by atoms with Crippen LogP contribution in [-0.2, 0) is 4.84 Å². The predicted octanol–water partition coefficient (Wildman–Crippen LogP) is 3.71. The van der Waals surface area contributed by atoms with Crippen LogP contribution in [0.5, 0.6) is 0 Å². The van der Waals surface area contributed by atoms with Crippen LogP contribution in [-0.4, -0.2) is 5.72 Å². The molecule has 1 atom stereocenters. The van der Waals surface area contributed by atoms with E-state index < -0.39 is 0 Å². The minimum atomic E-state index is -0.261. The van der Waals surface area contributed by atoms with Crippen LogP contribution in [0.15, 0.2) is 24.3 Å². The molecule has 3 aliphatic carbocycles. The van der Waals surface area contributed by atoms with Gasteiger partial charge in [-0.05, 0) is 67.7 Å². The lowest BCUT2D eigenvalue weighted by Gasteiger charge is -2.47. The zero-order valence-electron chi connectivity index (χ0n) is 12.1. The fraction of sp³-hybridized carbons (Fsp3) is 0.500. The van der Waals surface area contributed by atoms with Gasteiger partial charge < -0.3 is 0 Å². The number of benzene rings is 1. The molecule has 116 valence electrons. The maximum absolute atomic E-state index is 13.3. The maximum atomic E-state index is 13.3. The van der Waals surface area contributed by atoms with Crippen molar-refractivity contribution in [1.82, 2.24) is 11.0 Å². The van der Waals surface area contributed by atoms with E-state index in [-0.39, 0.29) is 11.5 Å². The van der Waals surface area contributed by atoms with Gasteiger partial charge in [0.2, 0.25) is 0 Å². The second-order valence-corrected chi connectivity index (χ2v) is 7.78. The van der Waals surface area contributed by atoms with Crippen LogP contribution in [0.25, 0.3) is 10.1 Å². The highest BCUT2D eigenvalue weighted by Gasteiger charge is 2.53. The summed E-state index contributed by atoms with van der Waals surface area (Å²) in [6.45, 7) is 0. The number of hydrogen-bond donors (Lipinski definition) is 2. The third kappa shape index (κ3) is 1.91. The fourth-order valence-corrected chi connectivity index (χ4v) is 5.22. The summed E-state index contributed by atoms with van der Waals surface area (Å²) >= 11 is 1.62. The first-order chi connectivity index (χ1) is 10.7. The van der Waals surface area contributed by atoms with Crippen LogP contribution >= 0.6 is 11.3 Å². The van der Waals surface area contributed by atoms with Gasteiger partial charge in [-0.2, -0.15) is 5.43 Å². The van der Waals surface area contributed by atoms with E-state index in [9.17, 15) is 4.39 Å². The summed E-state index contributed by atoms with van der Waals surface area (Å²) in [6.07, 6.45) is 6.22. The summed E-state index contributed by atoms with van der Waals surface area (Å²) < 4.78 is 14.4. The molecule has 22 heavy (non-hydrogen) atoms. The first-order valence-corrected chi connectivity index (χ1v) is 8.74. The molecule has 4 nitrogen and oxygen atoms in total. The van der Waals surface area contributed by atoms with Gasteiger partial charge in [0.1, 0.15) is 10.8 Å². The summed E-state index contributed by atoms with van der Waals surface area (Å²) in [5, 5.41) is 3.79. The van der Waals surface area contributed by atoms with Crippen LogP contribution in [0, 0.1) is 17.7 Å². The predicted molar refractivity (Wildman–Crippen MR) is 84.4 cm³/mol. The molecule has 3 saturated carbocycles. The Balaban J connectivity index is 1.44. The number of nitrogens with one attached hydrogen (secondary N) is 2. The SMILES string of the molecule is Fc1ccc2sc(N3NO[C@@]4(CC5CCC4CC5)N3)cc2c1. The summed E-state index contributed by atoms with van der Waals surface area (Å²) in [5.74, 6) is 1.15. The molecule has 1 aliphatic heterocycles. The van der Waals surface area contributed by atoms with Crippen molar-refractivity contribution in [2.45, 2.75) is 37.8 Å². The van der Waals surface area contributed by atoms with Crippen LogP contribution in [0.2, 0.25) is 0 Å². The molecule has 1 spiro atoms. The minimum absolute atomic E-state index is 0.198. The van der Waals surface area contributed by atoms with E-state index in [0.29, 0.717) is 5.92 Å². The van der Waals surface area contributed by atoms with Gasteiger partial charge in [0, 0.05) is 10.6 Å². The first-order valence-electron chi connectivity index (χ1n) is 7.93. The van der Waals surface area contributed by atoms with E-state index in [1.165, 1.54) is 31.7 Å². The molecule has 6 heteroatoms. The molecular formula is C16H18FN3OS. The van der Waals surface area contributed by atoms with Crippen LogP contribution in [0.1, 0.15) is 32.1 Å². The normalized spacial score (nSPS) is 34.1. The summed E-state index contributed by atoms with van der Waals surface area (Å²) in [5.41, 5.74) is 6.32. The molecule has 1 aromatic heterocycles. The second kappa shape index (κ2) is 4.64. The molecule has 0 amide bonds. The Morgan fingerprint density at radius 2 is 2.09 bits per heavy atom. The van der Waals surface area contributed by atoms with E-state index >= 15 is 0 Å².